The smallest absolute Gasteiger partial charge is 0.223 e. The van der Waals surface area contributed by atoms with E-state index in [4.69, 9.17) is 14.1 Å². The molecule has 2 aromatic rings. The summed E-state index contributed by atoms with van der Waals surface area (Å²) in [7, 11) is -2.40. The van der Waals surface area contributed by atoms with Gasteiger partial charge in [0.25, 0.3) is 0 Å². The van der Waals surface area contributed by atoms with Crippen LogP contribution >= 0.6 is 11.3 Å². The Morgan fingerprint density at radius 2 is 1.93 bits per heavy atom. The summed E-state index contributed by atoms with van der Waals surface area (Å²) >= 11 is 1.66. The number of aromatic nitrogens is 1. The number of carbonyl (C=O) groups is 2. The highest BCUT2D eigenvalue weighted by molar-refractivity contribution is 7.18. The Kier molecular flexibility index (Phi) is 10.6. The molecule has 4 rings (SSSR count). The highest BCUT2D eigenvalue weighted by Crippen LogP contribution is 2.47. The largest absolute Gasteiger partial charge is 0.412 e. The summed E-state index contributed by atoms with van der Waals surface area (Å²) in [5.41, 5.74) is 0.629. The van der Waals surface area contributed by atoms with Gasteiger partial charge in [-0.25, -0.2) is 4.98 Å². The summed E-state index contributed by atoms with van der Waals surface area (Å²) in [6.07, 6.45) is 3.82. The molecule has 0 spiro atoms. The van der Waals surface area contributed by atoms with Crippen molar-refractivity contribution in [2.24, 2.45) is 17.3 Å². The number of aryl methyl sites for hydroxylation is 1. The summed E-state index contributed by atoms with van der Waals surface area (Å²) in [4.78, 5) is 33.2. The number of nitrogens with one attached hydrogen (secondary N) is 1. The van der Waals surface area contributed by atoms with E-state index in [-0.39, 0.29) is 46.8 Å². The molecule has 0 bridgehead atoms. The van der Waals surface area contributed by atoms with Crippen molar-refractivity contribution >= 4 is 41.6 Å². The first-order valence-electron chi connectivity index (χ1n) is 16.6. The molecule has 2 saturated heterocycles. The molecule has 250 valence electrons. The SMILES string of the molecule is C=CC[C@H]1C(=O)C(C)(C)C(O[Si](C)(C)C(C)(C)C)CC(=O)N[C@H](c2ccc3sc(C)nc3c2)C[C@@H]2O[C@]2(C)CCC[C@H](C)[C@@H]1O. The Labute approximate surface area is 275 Å². The average molecular weight is 657 g/mol. The molecule has 0 aliphatic carbocycles. The number of fused-ring (bicyclic) bond motifs is 2. The molecule has 2 aliphatic heterocycles. The van der Waals surface area contributed by atoms with Crippen molar-refractivity contribution in [3.8, 4) is 0 Å². The van der Waals surface area contributed by atoms with Gasteiger partial charge in [0, 0.05) is 17.8 Å². The number of allylic oxidation sites excluding steroid dienone is 1. The Balaban J connectivity index is 1.74. The van der Waals surface area contributed by atoms with Crippen LogP contribution in [0, 0.1) is 24.2 Å². The average Bonchev–Trinajstić information content (AvgIpc) is 3.40. The van der Waals surface area contributed by atoms with Gasteiger partial charge in [0.15, 0.2) is 8.32 Å². The van der Waals surface area contributed by atoms with Crippen LogP contribution in [-0.4, -0.2) is 54.0 Å². The second-order valence-corrected chi connectivity index (χ2v) is 21.9. The number of thiazole rings is 1. The molecule has 3 heterocycles. The first kappa shape index (κ1) is 35.9. The van der Waals surface area contributed by atoms with Gasteiger partial charge in [0.1, 0.15) is 5.78 Å². The number of Topliss-reactive ketones (excluding diaryl/α,β-unsaturated/α-hetero) is 1. The number of aliphatic hydroxyl groups excluding tert-OH is 1. The van der Waals surface area contributed by atoms with Gasteiger partial charge in [-0.1, -0.05) is 60.1 Å². The van der Waals surface area contributed by atoms with Crippen LogP contribution in [0.2, 0.25) is 18.1 Å². The summed E-state index contributed by atoms with van der Waals surface area (Å²) in [6, 6.07) is 5.99. The normalized spacial score (nSPS) is 32.2. The predicted octanol–water partition coefficient (Wildman–Crippen LogP) is 8.06. The second kappa shape index (κ2) is 13.3. The molecule has 7 atom stereocenters. The maximum Gasteiger partial charge on any atom is 0.223 e. The molecule has 7 nitrogen and oxygen atoms in total. The number of carbonyl (C=O) groups excluding carboxylic acids is 2. The molecular weight excluding hydrogens is 601 g/mol. The quantitative estimate of drug-likeness (QED) is 0.192. The topological polar surface area (TPSA) is 101 Å². The van der Waals surface area contributed by atoms with E-state index in [1.54, 1.807) is 17.4 Å². The van der Waals surface area contributed by atoms with Crippen molar-refractivity contribution in [3.05, 3.63) is 41.4 Å². The number of hydrogen-bond donors (Lipinski definition) is 2. The van der Waals surface area contributed by atoms with Crippen molar-refractivity contribution in [3.63, 3.8) is 0 Å². The van der Waals surface area contributed by atoms with E-state index in [1.807, 2.05) is 27.7 Å². The van der Waals surface area contributed by atoms with Crippen LogP contribution in [-0.2, 0) is 18.8 Å². The highest BCUT2D eigenvalue weighted by atomic mass is 32.1. The van der Waals surface area contributed by atoms with E-state index >= 15 is 0 Å². The molecular formula is C36H56N2O5SSi. The minimum Gasteiger partial charge on any atom is -0.412 e. The number of rotatable bonds is 5. The molecule has 0 saturated carbocycles. The number of epoxide rings is 1. The van der Waals surface area contributed by atoms with E-state index in [0.29, 0.717) is 12.8 Å². The fraction of sp³-hybridized carbons (Fsp3) is 0.694. The van der Waals surface area contributed by atoms with Gasteiger partial charge < -0.3 is 19.6 Å². The zero-order valence-corrected chi connectivity index (χ0v) is 31.0. The molecule has 2 aliphatic rings. The fourth-order valence-corrected chi connectivity index (χ4v) is 8.79. The summed E-state index contributed by atoms with van der Waals surface area (Å²) in [6.45, 7) is 24.7. The standard InChI is InChI=1S/C36H56N2O5SSi/c1-12-14-25-32(40)22(2)15-13-18-36(9)30(42-36)20-26(24-16-17-28-27(19-24)37-23(3)44-28)38-31(39)21-29(35(7,8)33(25)41)43-45(10,11)34(4,5)6/h12,16-17,19,22,25-26,29-30,32,40H,1,13-15,18,20-21H2,2-11H3,(H,38,39)/t22-,25+,26-,29?,30-,32-,36+/m0/s1. The number of aliphatic hydroxyl groups is 1. The molecule has 1 amide bonds. The van der Waals surface area contributed by atoms with E-state index in [2.05, 4.69) is 70.9 Å². The number of ketones is 1. The Bertz CT molecular complexity index is 1400. The molecule has 9 heteroatoms. The lowest BCUT2D eigenvalue weighted by molar-refractivity contribution is -0.143. The van der Waals surface area contributed by atoms with E-state index in [0.717, 1.165) is 40.1 Å². The van der Waals surface area contributed by atoms with Crippen molar-refractivity contribution in [2.75, 3.05) is 0 Å². The molecule has 1 unspecified atom stereocenters. The van der Waals surface area contributed by atoms with Gasteiger partial charge in [-0.2, -0.15) is 0 Å². The highest BCUT2D eigenvalue weighted by Gasteiger charge is 2.53. The third-order valence-electron chi connectivity index (χ3n) is 10.9. The third kappa shape index (κ3) is 7.98. The Hall–Kier alpha value is -1.91. The number of nitrogens with zero attached hydrogens (tertiary/aromatic N) is 1. The van der Waals surface area contributed by atoms with Crippen LogP contribution in [0.15, 0.2) is 30.9 Å². The molecule has 1 aromatic carbocycles. The van der Waals surface area contributed by atoms with Gasteiger partial charge in [-0.15, -0.1) is 17.9 Å². The lowest BCUT2D eigenvalue weighted by Gasteiger charge is -2.45. The summed E-state index contributed by atoms with van der Waals surface area (Å²) in [5.74, 6) is -0.949. The number of hydrogen-bond acceptors (Lipinski definition) is 7. The summed E-state index contributed by atoms with van der Waals surface area (Å²) in [5, 5.41) is 15.8. The van der Waals surface area contributed by atoms with Crippen LogP contribution in [0.3, 0.4) is 0 Å². The predicted molar refractivity (Wildman–Crippen MR) is 186 cm³/mol. The Morgan fingerprint density at radius 1 is 1.24 bits per heavy atom. The van der Waals surface area contributed by atoms with Gasteiger partial charge in [-0.05, 0) is 74.9 Å². The van der Waals surface area contributed by atoms with Crippen molar-refractivity contribution in [1.82, 2.24) is 10.3 Å². The Morgan fingerprint density at radius 3 is 2.58 bits per heavy atom. The van der Waals surface area contributed by atoms with Crippen LogP contribution in [0.25, 0.3) is 10.2 Å². The van der Waals surface area contributed by atoms with Crippen molar-refractivity contribution < 1.29 is 23.9 Å². The number of amides is 1. The minimum absolute atomic E-state index is 0.00890. The maximum absolute atomic E-state index is 14.5. The summed E-state index contributed by atoms with van der Waals surface area (Å²) < 4.78 is 14.4. The monoisotopic (exact) mass is 656 g/mol. The zero-order valence-electron chi connectivity index (χ0n) is 29.2. The van der Waals surface area contributed by atoms with E-state index < -0.39 is 31.9 Å². The maximum atomic E-state index is 14.5. The number of benzene rings is 1. The second-order valence-electron chi connectivity index (χ2n) is 15.9. The third-order valence-corrected chi connectivity index (χ3v) is 16.3. The van der Waals surface area contributed by atoms with Crippen LogP contribution in [0.5, 0.6) is 0 Å². The first-order chi connectivity index (χ1) is 20.8. The van der Waals surface area contributed by atoms with Gasteiger partial charge in [0.05, 0.1) is 51.6 Å². The van der Waals surface area contributed by atoms with Crippen LogP contribution < -0.4 is 5.32 Å². The van der Waals surface area contributed by atoms with E-state index in [1.165, 1.54) is 0 Å². The molecule has 1 aromatic heterocycles. The zero-order chi connectivity index (χ0) is 33.5. The number of ether oxygens (including phenoxy) is 1. The molecule has 45 heavy (non-hydrogen) atoms. The van der Waals surface area contributed by atoms with Gasteiger partial charge in [-0.3, -0.25) is 9.59 Å². The van der Waals surface area contributed by atoms with Crippen LogP contribution in [0.1, 0.15) is 104 Å². The molecule has 2 N–H and O–H groups in total. The molecule has 2 fully saturated rings. The van der Waals surface area contributed by atoms with Crippen LogP contribution in [0.4, 0.5) is 0 Å². The van der Waals surface area contributed by atoms with Gasteiger partial charge in [0.2, 0.25) is 5.91 Å². The van der Waals surface area contributed by atoms with Gasteiger partial charge >= 0.3 is 0 Å². The molecule has 0 radical (unpaired) electrons. The van der Waals surface area contributed by atoms with Crippen molar-refractivity contribution in [1.29, 1.82) is 0 Å². The lowest BCUT2D eigenvalue weighted by Crippen LogP contribution is -2.53. The first-order valence-corrected chi connectivity index (χ1v) is 20.4. The fourth-order valence-electron chi connectivity index (χ4n) is 6.54. The minimum atomic E-state index is -2.40. The lowest BCUT2D eigenvalue weighted by atomic mass is 9.71. The van der Waals surface area contributed by atoms with E-state index in [9.17, 15) is 14.7 Å². The van der Waals surface area contributed by atoms with Crippen molar-refractivity contribution in [2.45, 2.75) is 142 Å².